The van der Waals surface area contributed by atoms with E-state index in [0.717, 1.165) is 6.07 Å². The molecule has 0 aromatic heterocycles. The van der Waals surface area contributed by atoms with Gasteiger partial charge in [-0.25, -0.2) is 9.18 Å². The minimum absolute atomic E-state index is 0.0261. The van der Waals surface area contributed by atoms with Crippen LogP contribution in [0.25, 0.3) is 0 Å². The Hall–Kier alpha value is -2.96. The Morgan fingerprint density at radius 3 is 2.48 bits per heavy atom. The summed E-state index contributed by atoms with van der Waals surface area (Å²) in [5.74, 6) is -2.41. The fourth-order valence-corrected chi connectivity index (χ4v) is 1.71. The van der Waals surface area contributed by atoms with E-state index in [4.69, 9.17) is 9.84 Å². The summed E-state index contributed by atoms with van der Waals surface area (Å²) in [6.07, 6.45) is 0. The number of hydrogen-bond donors (Lipinski definition) is 1. The molecule has 1 N–H and O–H groups in total. The van der Waals surface area contributed by atoms with Crippen LogP contribution in [0.3, 0.4) is 0 Å². The van der Waals surface area contributed by atoms with Crippen LogP contribution in [-0.2, 0) is 6.61 Å². The van der Waals surface area contributed by atoms with E-state index in [1.165, 1.54) is 36.4 Å². The maximum atomic E-state index is 13.4. The lowest BCUT2D eigenvalue weighted by Crippen LogP contribution is -2.06. The Labute approximate surface area is 118 Å². The van der Waals surface area contributed by atoms with E-state index in [0.29, 0.717) is 5.56 Å². The first-order chi connectivity index (χ1) is 9.99. The lowest BCUT2D eigenvalue weighted by atomic mass is 10.2. The summed E-state index contributed by atoms with van der Waals surface area (Å²) in [6, 6.07) is 9.30. The molecule has 0 aliphatic rings. The van der Waals surface area contributed by atoms with Gasteiger partial charge < -0.3 is 9.84 Å². The van der Waals surface area contributed by atoms with E-state index in [2.05, 4.69) is 0 Å². The van der Waals surface area contributed by atoms with Gasteiger partial charge in [-0.05, 0) is 29.8 Å². The van der Waals surface area contributed by atoms with Gasteiger partial charge in [0, 0.05) is 12.1 Å². The van der Waals surface area contributed by atoms with Crippen molar-refractivity contribution >= 4 is 11.7 Å². The average Bonchev–Trinajstić information content (AvgIpc) is 2.45. The normalized spacial score (nSPS) is 10.1. The number of rotatable bonds is 5. The number of non-ortho nitro benzene ring substituents is 1. The Bertz CT molecular complexity index is 684. The molecular weight excluding hydrogens is 281 g/mol. The van der Waals surface area contributed by atoms with Gasteiger partial charge in [-0.3, -0.25) is 10.1 Å². The molecule has 21 heavy (non-hydrogen) atoms. The molecule has 0 amide bonds. The number of ether oxygens (including phenoxy) is 1. The minimum atomic E-state index is -1.42. The van der Waals surface area contributed by atoms with E-state index in [1.807, 2.05) is 0 Å². The zero-order chi connectivity index (χ0) is 15.4. The molecule has 0 aliphatic carbocycles. The minimum Gasteiger partial charge on any atom is -0.488 e. The van der Waals surface area contributed by atoms with Crippen LogP contribution >= 0.6 is 0 Å². The van der Waals surface area contributed by atoms with Crippen molar-refractivity contribution in [1.82, 2.24) is 0 Å². The van der Waals surface area contributed by atoms with Crippen LogP contribution in [-0.4, -0.2) is 16.0 Å². The van der Waals surface area contributed by atoms with Crippen LogP contribution in [0, 0.1) is 15.9 Å². The van der Waals surface area contributed by atoms with Gasteiger partial charge in [0.2, 0.25) is 0 Å². The number of halogens is 1. The molecule has 0 bridgehead atoms. The second-order valence-electron chi connectivity index (χ2n) is 4.13. The van der Waals surface area contributed by atoms with Gasteiger partial charge in [0.25, 0.3) is 5.69 Å². The van der Waals surface area contributed by atoms with E-state index in [9.17, 15) is 19.3 Å². The van der Waals surface area contributed by atoms with Crippen molar-refractivity contribution in [3.8, 4) is 5.75 Å². The number of carboxylic acids is 1. The molecule has 0 radical (unpaired) electrons. The summed E-state index contributed by atoms with van der Waals surface area (Å²) < 4.78 is 18.7. The number of benzene rings is 2. The molecule has 0 atom stereocenters. The Morgan fingerprint density at radius 2 is 1.90 bits per heavy atom. The molecule has 0 spiro atoms. The third-order valence-corrected chi connectivity index (χ3v) is 2.73. The molecule has 2 rings (SSSR count). The topological polar surface area (TPSA) is 89.7 Å². The van der Waals surface area contributed by atoms with Crippen LogP contribution in [0.5, 0.6) is 5.75 Å². The summed E-state index contributed by atoms with van der Waals surface area (Å²) in [7, 11) is 0. The van der Waals surface area contributed by atoms with Crippen molar-refractivity contribution < 1.29 is 24.0 Å². The lowest BCUT2D eigenvalue weighted by Gasteiger charge is -2.09. The van der Waals surface area contributed by atoms with E-state index in [-0.39, 0.29) is 18.0 Å². The maximum absolute atomic E-state index is 13.4. The van der Waals surface area contributed by atoms with Gasteiger partial charge in [0.15, 0.2) is 0 Å². The van der Waals surface area contributed by atoms with Crippen molar-refractivity contribution in [2.75, 3.05) is 0 Å². The number of nitro benzene ring substituents is 1. The highest BCUT2D eigenvalue weighted by atomic mass is 19.1. The zero-order valence-corrected chi connectivity index (χ0v) is 10.7. The SMILES string of the molecule is O=C(O)c1c(F)cccc1OCc1ccc([N+](=O)[O-])cc1. The van der Waals surface area contributed by atoms with Gasteiger partial charge in [-0.1, -0.05) is 6.07 Å². The molecule has 0 saturated heterocycles. The number of carbonyl (C=O) groups is 1. The van der Waals surface area contributed by atoms with E-state index < -0.39 is 22.3 Å². The van der Waals surface area contributed by atoms with Crippen molar-refractivity contribution in [2.24, 2.45) is 0 Å². The number of carboxylic acid groups (broad SMARTS) is 1. The zero-order valence-electron chi connectivity index (χ0n) is 10.7. The van der Waals surface area contributed by atoms with Crippen molar-refractivity contribution in [1.29, 1.82) is 0 Å². The number of nitrogens with zero attached hydrogens (tertiary/aromatic N) is 1. The van der Waals surface area contributed by atoms with Gasteiger partial charge in [-0.2, -0.15) is 0 Å². The highest BCUT2D eigenvalue weighted by molar-refractivity contribution is 5.91. The molecule has 0 unspecified atom stereocenters. The predicted octanol–water partition coefficient (Wildman–Crippen LogP) is 3.01. The maximum Gasteiger partial charge on any atom is 0.342 e. The largest absolute Gasteiger partial charge is 0.488 e. The molecule has 0 aliphatic heterocycles. The standard InChI is InChI=1S/C14H10FNO5/c15-11-2-1-3-12(13(11)14(17)18)21-8-9-4-6-10(7-5-9)16(19)20/h1-7H,8H2,(H,17,18). The number of aromatic carboxylic acids is 1. The summed E-state index contributed by atoms with van der Waals surface area (Å²) in [5, 5.41) is 19.5. The van der Waals surface area contributed by atoms with Gasteiger partial charge in [0.05, 0.1) is 4.92 Å². The first-order valence-corrected chi connectivity index (χ1v) is 5.87. The first kappa shape index (κ1) is 14.4. The highest BCUT2D eigenvalue weighted by Gasteiger charge is 2.16. The summed E-state index contributed by atoms with van der Waals surface area (Å²) in [6.45, 7) is -0.0261. The first-order valence-electron chi connectivity index (χ1n) is 5.87. The molecule has 6 nitrogen and oxygen atoms in total. The van der Waals surface area contributed by atoms with Crippen LogP contribution in [0.2, 0.25) is 0 Å². The molecule has 0 saturated carbocycles. The molecule has 2 aromatic rings. The molecule has 0 heterocycles. The molecule has 2 aromatic carbocycles. The van der Waals surface area contributed by atoms with Gasteiger partial charge in [0.1, 0.15) is 23.7 Å². The molecule has 0 fully saturated rings. The second-order valence-corrected chi connectivity index (χ2v) is 4.13. The van der Waals surface area contributed by atoms with Crippen LogP contribution < -0.4 is 4.74 Å². The summed E-state index contributed by atoms with van der Waals surface area (Å²) >= 11 is 0. The fraction of sp³-hybridized carbons (Fsp3) is 0.0714. The van der Waals surface area contributed by atoms with Crippen LogP contribution in [0.1, 0.15) is 15.9 Å². The van der Waals surface area contributed by atoms with Crippen LogP contribution in [0.15, 0.2) is 42.5 Å². The van der Waals surface area contributed by atoms with Gasteiger partial charge in [-0.15, -0.1) is 0 Å². The Morgan fingerprint density at radius 1 is 1.24 bits per heavy atom. The van der Waals surface area contributed by atoms with E-state index >= 15 is 0 Å². The van der Waals surface area contributed by atoms with Gasteiger partial charge >= 0.3 is 5.97 Å². The quantitative estimate of drug-likeness (QED) is 0.675. The Balaban J connectivity index is 2.15. The smallest absolute Gasteiger partial charge is 0.342 e. The molecule has 108 valence electrons. The lowest BCUT2D eigenvalue weighted by molar-refractivity contribution is -0.384. The second kappa shape index (κ2) is 6.00. The monoisotopic (exact) mass is 291 g/mol. The number of hydrogen-bond acceptors (Lipinski definition) is 4. The summed E-state index contributed by atoms with van der Waals surface area (Å²) in [5.41, 5.74) is -0.00339. The number of nitro groups is 1. The Kier molecular flexibility index (Phi) is 4.13. The summed E-state index contributed by atoms with van der Waals surface area (Å²) in [4.78, 5) is 21.0. The van der Waals surface area contributed by atoms with Crippen molar-refractivity contribution in [2.45, 2.75) is 6.61 Å². The fourth-order valence-electron chi connectivity index (χ4n) is 1.71. The van der Waals surface area contributed by atoms with Crippen LogP contribution in [0.4, 0.5) is 10.1 Å². The third kappa shape index (κ3) is 3.33. The third-order valence-electron chi connectivity index (χ3n) is 2.73. The van der Waals surface area contributed by atoms with E-state index in [1.54, 1.807) is 0 Å². The average molecular weight is 291 g/mol. The molecule has 7 heteroatoms. The molecular formula is C14H10FNO5. The van der Waals surface area contributed by atoms with Crippen molar-refractivity contribution in [3.63, 3.8) is 0 Å². The van der Waals surface area contributed by atoms with Crippen molar-refractivity contribution in [3.05, 3.63) is 69.5 Å². The predicted molar refractivity (Wildman–Crippen MR) is 70.8 cm³/mol. The highest BCUT2D eigenvalue weighted by Crippen LogP contribution is 2.23.